The van der Waals surface area contributed by atoms with Gasteiger partial charge in [-0.2, -0.15) is 0 Å². The van der Waals surface area contributed by atoms with Gasteiger partial charge in [0.15, 0.2) is 5.96 Å². The first kappa shape index (κ1) is 18.6. The van der Waals surface area contributed by atoms with Crippen LogP contribution in [0.15, 0.2) is 17.1 Å². The lowest BCUT2D eigenvalue weighted by atomic mass is 10.1. The van der Waals surface area contributed by atoms with Crippen molar-refractivity contribution in [3.05, 3.63) is 28.3 Å². The Morgan fingerprint density at radius 3 is 2.96 bits per heavy atom. The number of ether oxygens (including phenoxy) is 2. The second-order valence-electron chi connectivity index (χ2n) is 6.46. The highest BCUT2D eigenvalue weighted by Gasteiger charge is 2.24. The van der Waals surface area contributed by atoms with E-state index < -0.39 is 0 Å². The summed E-state index contributed by atoms with van der Waals surface area (Å²) in [5.74, 6) is 1.28. The van der Waals surface area contributed by atoms with Crippen LogP contribution in [0, 0.1) is 0 Å². The van der Waals surface area contributed by atoms with E-state index in [4.69, 9.17) is 26.8 Å². The van der Waals surface area contributed by atoms with Gasteiger partial charge in [0.2, 0.25) is 0 Å². The first-order valence-electron chi connectivity index (χ1n) is 8.99. The monoisotopic (exact) mass is 380 g/mol. The summed E-state index contributed by atoms with van der Waals surface area (Å²) in [6.07, 6.45) is 2.25. The summed E-state index contributed by atoms with van der Waals surface area (Å²) in [6.45, 7) is 4.61. The second-order valence-corrected chi connectivity index (χ2v) is 6.89. The molecular weight excluding hydrogens is 356 g/mol. The third kappa shape index (κ3) is 4.52. The van der Waals surface area contributed by atoms with Gasteiger partial charge in [0.05, 0.1) is 19.8 Å². The molecule has 2 aliphatic heterocycles. The quantitative estimate of drug-likeness (QED) is 0.618. The number of guanidine groups is 1. The molecule has 26 heavy (non-hydrogen) atoms. The van der Waals surface area contributed by atoms with Gasteiger partial charge in [-0.1, -0.05) is 11.6 Å². The van der Waals surface area contributed by atoms with Crippen LogP contribution in [0.25, 0.3) is 0 Å². The molecule has 2 heterocycles. The maximum atomic E-state index is 11.7. The molecule has 1 aromatic rings. The Balaban J connectivity index is 1.52. The van der Waals surface area contributed by atoms with Crippen molar-refractivity contribution in [3.8, 4) is 5.75 Å². The molecule has 0 radical (unpaired) electrons. The van der Waals surface area contributed by atoms with Crippen LogP contribution in [0.2, 0.25) is 5.02 Å². The molecule has 0 aromatic heterocycles. The minimum atomic E-state index is -0.248. The molecule has 3 N–H and O–H groups in total. The number of benzene rings is 1. The maximum absolute atomic E-state index is 11.7. The summed E-state index contributed by atoms with van der Waals surface area (Å²) in [6, 6.07) is 4.02. The van der Waals surface area contributed by atoms with Crippen molar-refractivity contribution < 1.29 is 14.3 Å². The zero-order valence-electron chi connectivity index (χ0n) is 15.0. The zero-order chi connectivity index (χ0) is 18.5. The molecule has 0 saturated carbocycles. The number of carbonyl (C=O) groups is 1. The fourth-order valence-electron chi connectivity index (χ4n) is 3.31. The number of nitrogens with one attached hydrogen (secondary N) is 1. The Hall–Kier alpha value is -2.15. The highest BCUT2D eigenvalue weighted by molar-refractivity contribution is 6.30. The normalized spacial score (nSPS) is 17.6. The van der Waals surface area contributed by atoms with Crippen molar-refractivity contribution >= 4 is 23.7 Å². The Labute approximate surface area is 158 Å². The van der Waals surface area contributed by atoms with E-state index in [0.717, 1.165) is 36.1 Å². The molecule has 1 fully saturated rings. The summed E-state index contributed by atoms with van der Waals surface area (Å²) in [5.41, 5.74) is 8.11. The van der Waals surface area contributed by atoms with E-state index in [-0.39, 0.29) is 12.1 Å². The van der Waals surface area contributed by atoms with E-state index in [1.54, 1.807) is 4.90 Å². The fourth-order valence-corrected chi connectivity index (χ4v) is 3.57. The lowest BCUT2D eigenvalue weighted by molar-refractivity contribution is 0.0963. The van der Waals surface area contributed by atoms with Crippen LogP contribution in [0.3, 0.4) is 0 Å². The van der Waals surface area contributed by atoms with Gasteiger partial charge in [0.25, 0.3) is 0 Å². The largest absolute Gasteiger partial charge is 0.493 e. The summed E-state index contributed by atoms with van der Waals surface area (Å²) >= 11 is 6.17. The number of rotatable bonds is 4. The van der Waals surface area contributed by atoms with Crippen LogP contribution in [0.4, 0.5) is 4.79 Å². The molecule has 1 amide bonds. The molecule has 8 heteroatoms. The third-order valence-electron chi connectivity index (χ3n) is 4.62. The van der Waals surface area contributed by atoms with E-state index >= 15 is 0 Å². The highest BCUT2D eigenvalue weighted by Crippen LogP contribution is 2.33. The van der Waals surface area contributed by atoms with Gasteiger partial charge in [-0.15, -0.1) is 0 Å². The predicted octanol–water partition coefficient (Wildman–Crippen LogP) is 2.30. The van der Waals surface area contributed by atoms with Crippen LogP contribution in [-0.4, -0.2) is 49.3 Å². The van der Waals surface area contributed by atoms with Crippen molar-refractivity contribution in [2.75, 3.05) is 26.3 Å². The fraction of sp³-hybridized carbons (Fsp3) is 0.556. The van der Waals surface area contributed by atoms with E-state index in [2.05, 4.69) is 10.3 Å². The minimum Gasteiger partial charge on any atom is -0.493 e. The first-order valence-corrected chi connectivity index (χ1v) is 9.37. The molecular formula is C18H25ClN4O3. The smallest absolute Gasteiger partial charge is 0.409 e. The van der Waals surface area contributed by atoms with Crippen molar-refractivity contribution in [1.82, 2.24) is 10.2 Å². The Bertz CT molecular complexity index is 687. The molecule has 1 saturated heterocycles. The van der Waals surface area contributed by atoms with Crippen molar-refractivity contribution in [3.63, 3.8) is 0 Å². The van der Waals surface area contributed by atoms with Crippen LogP contribution in [0.1, 0.15) is 30.9 Å². The summed E-state index contributed by atoms with van der Waals surface area (Å²) in [7, 11) is 0. The number of amides is 1. The zero-order valence-corrected chi connectivity index (χ0v) is 15.7. The van der Waals surface area contributed by atoms with Crippen molar-refractivity contribution in [1.29, 1.82) is 0 Å². The number of fused-ring (bicyclic) bond motifs is 1. The molecule has 0 unspecified atom stereocenters. The molecule has 3 rings (SSSR count). The van der Waals surface area contributed by atoms with Gasteiger partial charge in [0, 0.05) is 36.1 Å². The van der Waals surface area contributed by atoms with Crippen molar-refractivity contribution in [2.45, 2.75) is 38.8 Å². The second kappa shape index (κ2) is 8.49. The topological polar surface area (TPSA) is 89.2 Å². The summed E-state index contributed by atoms with van der Waals surface area (Å²) in [5, 5.41) is 3.93. The van der Waals surface area contributed by atoms with Gasteiger partial charge in [-0.3, -0.25) is 0 Å². The van der Waals surface area contributed by atoms with E-state index in [1.165, 1.54) is 0 Å². The van der Waals surface area contributed by atoms with Gasteiger partial charge in [-0.05, 0) is 37.5 Å². The summed E-state index contributed by atoms with van der Waals surface area (Å²) in [4.78, 5) is 17.9. The molecule has 142 valence electrons. The highest BCUT2D eigenvalue weighted by atomic mass is 35.5. The van der Waals surface area contributed by atoms with Gasteiger partial charge >= 0.3 is 6.09 Å². The van der Waals surface area contributed by atoms with E-state index in [1.807, 2.05) is 19.1 Å². The SMILES string of the molecule is CCOC(=O)N1CCC(NC(N)=NCc2cc(Cl)cc3c2OCC3)CC1. The number of hydrogen-bond acceptors (Lipinski definition) is 4. The lowest BCUT2D eigenvalue weighted by Gasteiger charge is -2.31. The van der Waals surface area contributed by atoms with Gasteiger partial charge in [0.1, 0.15) is 5.75 Å². The van der Waals surface area contributed by atoms with Gasteiger partial charge < -0.3 is 25.4 Å². The maximum Gasteiger partial charge on any atom is 0.409 e. The Morgan fingerprint density at radius 1 is 1.46 bits per heavy atom. The van der Waals surface area contributed by atoms with E-state index in [0.29, 0.717) is 43.8 Å². The molecule has 0 aliphatic carbocycles. The number of likely N-dealkylation sites (tertiary alicyclic amines) is 1. The first-order chi connectivity index (χ1) is 12.6. The third-order valence-corrected chi connectivity index (χ3v) is 4.84. The Morgan fingerprint density at radius 2 is 2.23 bits per heavy atom. The molecule has 0 spiro atoms. The van der Waals surface area contributed by atoms with Crippen LogP contribution < -0.4 is 15.8 Å². The van der Waals surface area contributed by atoms with Crippen LogP contribution >= 0.6 is 11.6 Å². The number of hydrogen-bond donors (Lipinski definition) is 2. The number of carbonyl (C=O) groups excluding carboxylic acids is 1. The Kier molecular flexibility index (Phi) is 6.08. The standard InChI is InChI=1S/C18H25ClN4O3/c1-2-25-18(24)23-6-3-15(4-7-23)22-17(20)21-11-13-10-14(19)9-12-5-8-26-16(12)13/h9-10,15H,2-8,11H2,1H3,(H3,20,21,22). The molecule has 7 nitrogen and oxygen atoms in total. The average molecular weight is 381 g/mol. The predicted molar refractivity (Wildman–Crippen MR) is 101 cm³/mol. The number of nitrogens with two attached hydrogens (primary N) is 1. The van der Waals surface area contributed by atoms with Crippen molar-refractivity contribution in [2.24, 2.45) is 10.7 Å². The summed E-state index contributed by atoms with van der Waals surface area (Å²) < 4.78 is 10.7. The number of nitrogens with zero attached hydrogens (tertiary/aromatic N) is 2. The molecule has 0 bridgehead atoms. The molecule has 0 atom stereocenters. The van der Waals surface area contributed by atoms with Gasteiger partial charge in [-0.25, -0.2) is 9.79 Å². The lowest BCUT2D eigenvalue weighted by Crippen LogP contribution is -2.48. The van der Waals surface area contributed by atoms with Crippen LogP contribution in [0.5, 0.6) is 5.75 Å². The molecule has 1 aromatic carbocycles. The molecule has 2 aliphatic rings. The average Bonchev–Trinajstić information content (AvgIpc) is 3.09. The minimum absolute atomic E-state index is 0.200. The number of halogens is 1. The number of piperidine rings is 1. The number of aliphatic imine (C=N–C) groups is 1. The van der Waals surface area contributed by atoms with Crippen LogP contribution in [-0.2, 0) is 17.7 Å². The van der Waals surface area contributed by atoms with E-state index in [9.17, 15) is 4.79 Å².